The van der Waals surface area contributed by atoms with Crippen molar-refractivity contribution in [1.29, 1.82) is 5.26 Å². The maximum Gasteiger partial charge on any atom is 0.256 e. The SMILES string of the molecule is N#CCC(=O)NCc1ccccc1NC(=O)c1ccccc1Br. The summed E-state index contributed by atoms with van der Waals surface area (Å²) in [6.45, 7) is 0.243. The Labute approximate surface area is 142 Å². The molecule has 23 heavy (non-hydrogen) atoms. The Bertz CT molecular complexity index is 768. The summed E-state index contributed by atoms with van der Waals surface area (Å²) in [6.07, 6.45) is -0.189. The first-order valence-corrected chi connectivity index (χ1v) is 7.68. The molecule has 0 saturated carbocycles. The van der Waals surface area contributed by atoms with Crippen molar-refractivity contribution >= 4 is 33.4 Å². The quantitative estimate of drug-likeness (QED) is 0.846. The van der Waals surface area contributed by atoms with Gasteiger partial charge in [0, 0.05) is 16.7 Å². The molecule has 0 aliphatic carbocycles. The zero-order valence-electron chi connectivity index (χ0n) is 12.2. The van der Waals surface area contributed by atoms with E-state index in [1.807, 2.05) is 18.2 Å². The van der Waals surface area contributed by atoms with Crippen molar-refractivity contribution in [1.82, 2.24) is 5.32 Å². The van der Waals surface area contributed by atoms with E-state index in [1.165, 1.54) is 0 Å². The van der Waals surface area contributed by atoms with Gasteiger partial charge in [-0.2, -0.15) is 5.26 Å². The zero-order chi connectivity index (χ0) is 16.7. The topological polar surface area (TPSA) is 82.0 Å². The summed E-state index contributed by atoms with van der Waals surface area (Å²) >= 11 is 3.35. The molecule has 2 N–H and O–H groups in total. The minimum atomic E-state index is -0.348. The number of carbonyl (C=O) groups is 2. The van der Waals surface area contributed by atoms with E-state index in [2.05, 4.69) is 26.6 Å². The molecule has 0 saturated heterocycles. The van der Waals surface area contributed by atoms with Crippen LogP contribution in [-0.2, 0) is 11.3 Å². The minimum Gasteiger partial charge on any atom is -0.351 e. The predicted molar refractivity (Wildman–Crippen MR) is 90.6 cm³/mol. The minimum absolute atomic E-state index is 0.189. The molecule has 0 unspecified atom stereocenters. The summed E-state index contributed by atoms with van der Waals surface area (Å²) in [5.74, 6) is -0.590. The number of carbonyl (C=O) groups excluding carboxylic acids is 2. The van der Waals surface area contributed by atoms with Gasteiger partial charge < -0.3 is 10.6 Å². The molecule has 116 valence electrons. The highest BCUT2D eigenvalue weighted by molar-refractivity contribution is 9.10. The molecule has 2 aromatic rings. The van der Waals surface area contributed by atoms with Gasteiger partial charge in [0.2, 0.25) is 5.91 Å². The van der Waals surface area contributed by atoms with Gasteiger partial charge in [-0.3, -0.25) is 9.59 Å². The molecule has 2 rings (SSSR count). The zero-order valence-corrected chi connectivity index (χ0v) is 13.8. The third kappa shape index (κ3) is 4.66. The summed E-state index contributed by atoms with van der Waals surface area (Å²) in [5.41, 5.74) is 1.90. The van der Waals surface area contributed by atoms with E-state index in [9.17, 15) is 9.59 Å². The molecule has 0 bridgehead atoms. The van der Waals surface area contributed by atoms with E-state index >= 15 is 0 Å². The molecule has 0 radical (unpaired) electrons. The highest BCUT2D eigenvalue weighted by atomic mass is 79.9. The van der Waals surface area contributed by atoms with Crippen molar-refractivity contribution in [3.8, 4) is 6.07 Å². The number of rotatable bonds is 5. The standard InChI is InChI=1S/C17H14BrN3O2/c18-14-7-3-2-6-13(14)17(23)21-15-8-4-1-5-12(15)11-20-16(22)9-10-19/h1-8H,9,11H2,(H,20,22)(H,21,23). The lowest BCUT2D eigenvalue weighted by atomic mass is 10.1. The number of benzene rings is 2. The second kappa shape index (κ2) is 8.11. The number of halogens is 1. The van der Waals surface area contributed by atoms with Gasteiger partial charge in [0.05, 0.1) is 11.6 Å². The first-order valence-electron chi connectivity index (χ1n) is 6.89. The average molecular weight is 372 g/mol. The Morgan fingerprint density at radius 1 is 1.09 bits per heavy atom. The van der Waals surface area contributed by atoms with Crippen molar-refractivity contribution < 1.29 is 9.59 Å². The van der Waals surface area contributed by atoms with Crippen LogP contribution in [-0.4, -0.2) is 11.8 Å². The third-order valence-corrected chi connectivity index (χ3v) is 3.79. The van der Waals surface area contributed by atoms with Gasteiger partial charge >= 0.3 is 0 Å². The molecule has 0 heterocycles. The van der Waals surface area contributed by atoms with E-state index in [-0.39, 0.29) is 24.8 Å². The molecule has 0 atom stereocenters. The first-order chi connectivity index (χ1) is 11.1. The fourth-order valence-electron chi connectivity index (χ4n) is 1.96. The van der Waals surface area contributed by atoms with E-state index < -0.39 is 0 Å². The maximum absolute atomic E-state index is 12.4. The van der Waals surface area contributed by atoms with Gasteiger partial charge in [-0.05, 0) is 39.7 Å². The molecular formula is C17H14BrN3O2. The Morgan fingerprint density at radius 2 is 1.78 bits per heavy atom. The fourth-order valence-corrected chi connectivity index (χ4v) is 2.42. The highest BCUT2D eigenvalue weighted by Gasteiger charge is 2.12. The summed E-state index contributed by atoms with van der Waals surface area (Å²) in [5, 5.41) is 14.0. The Morgan fingerprint density at radius 3 is 2.52 bits per heavy atom. The van der Waals surface area contributed by atoms with Crippen molar-refractivity contribution in [3.05, 3.63) is 64.1 Å². The maximum atomic E-state index is 12.4. The molecule has 2 aromatic carbocycles. The number of nitrogens with one attached hydrogen (secondary N) is 2. The van der Waals surface area contributed by atoms with E-state index in [1.54, 1.807) is 36.4 Å². The highest BCUT2D eigenvalue weighted by Crippen LogP contribution is 2.20. The van der Waals surface area contributed by atoms with Crippen LogP contribution >= 0.6 is 15.9 Å². The lowest BCUT2D eigenvalue weighted by molar-refractivity contribution is -0.120. The van der Waals surface area contributed by atoms with Crippen molar-refractivity contribution in [2.75, 3.05) is 5.32 Å². The summed E-state index contributed by atoms with van der Waals surface area (Å²) in [4.78, 5) is 23.7. The Balaban J connectivity index is 2.11. The summed E-state index contributed by atoms with van der Waals surface area (Å²) < 4.78 is 0.706. The van der Waals surface area contributed by atoms with Gasteiger partial charge in [-0.25, -0.2) is 0 Å². The second-order valence-electron chi connectivity index (χ2n) is 4.70. The van der Waals surface area contributed by atoms with E-state index in [4.69, 9.17) is 5.26 Å². The van der Waals surface area contributed by atoms with Crippen LogP contribution in [0.1, 0.15) is 22.3 Å². The summed E-state index contributed by atoms with van der Waals surface area (Å²) in [7, 11) is 0. The van der Waals surface area contributed by atoms with Gasteiger partial charge in [0.15, 0.2) is 0 Å². The van der Waals surface area contributed by atoms with Crippen LogP contribution in [0.25, 0.3) is 0 Å². The molecule has 0 aromatic heterocycles. The number of para-hydroxylation sites is 1. The number of hydrogen-bond acceptors (Lipinski definition) is 3. The van der Waals surface area contributed by atoms with E-state index in [0.29, 0.717) is 15.7 Å². The van der Waals surface area contributed by atoms with Crippen LogP contribution in [0.2, 0.25) is 0 Å². The predicted octanol–water partition coefficient (Wildman–Crippen LogP) is 3.23. The van der Waals surface area contributed by atoms with E-state index in [0.717, 1.165) is 5.56 Å². The lowest BCUT2D eigenvalue weighted by Crippen LogP contribution is -2.23. The van der Waals surface area contributed by atoms with Crippen LogP contribution in [0.3, 0.4) is 0 Å². The van der Waals surface area contributed by atoms with Crippen LogP contribution in [0.5, 0.6) is 0 Å². The molecule has 0 spiro atoms. The van der Waals surface area contributed by atoms with Crippen molar-refractivity contribution in [2.45, 2.75) is 13.0 Å². The van der Waals surface area contributed by atoms with Crippen molar-refractivity contribution in [2.24, 2.45) is 0 Å². The summed E-state index contributed by atoms with van der Waals surface area (Å²) in [6, 6.07) is 16.1. The van der Waals surface area contributed by atoms with Crippen LogP contribution < -0.4 is 10.6 Å². The first kappa shape index (κ1) is 16.7. The average Bonchev–Trinajstić information content (AvgIpc) is 2.54. The lowest BCUT2D eigenvalue weighted by Gasteiger charge is -2.12. The smallest absolute Gasteiger partial charge is 0.256 e. The van der Waals surface area contributed by atoms with Crippen LogP contribution in [0.15, 0.2) is 53.0 Å². The second-order valence-corrected chi connectivity index (χ2v) is 5.56. The monoisotopic (exact) mass is 371 g/mol. The normalized spacial score (nSPS) is 9.74. The fraction of sp³-hybridized carbons (Fsp3) is 0.118. The van der Waals surface area contributed by atoms with Gasteiger partial charge in [-0.15, -0.1) is 0 Å². The molecule has 0 fully saturated rings. The largest absolute Gasteiger partial charge is 0.351 e. The number of amides is 2. The molecular weight excluding hydrogens is 358 g/mol. The number of nitriles is 1. The Hall–Kier alpha value is -2.65. The number of hydrogen-bond donors (Lipinski definition) is 2. The molecule has 0 aliphatic heterocycles. The molecule has 5 nitrogen and oxygen atoms in total. The van der Waals surface area contributed by atoms with Crippen molar-refractivity contribution in [3.63, 3.8) is 0 Å². The van der Waals surface area contributed by atoms with Gasteiger partial charge in [0.25, 0.3) is 5.91 Å². The van der Waals surface area contributed by atoms with Gasteiger partial charge in [-0.1, -0.05) is 30.3 Å². The molecule has 0 aliphatic rings. The molecule has 2 amide bonds. The number of anilines is 1. The third-order valence-electron chi connectivity index (χ3n) is 3.10. The number of nitrogens with zero attached hydrogens (tertiary/aromatic N) is 1. The Kier molecular flexibility index (Phi) is 5.89. The van der Waals surface area contributed by atoms with Crippen LogP contribution in [0.4, 0.5) is 5.69 Å². The van der Waals surface area contributed by atoms with Gasteiger partial charge in [0.1, 0.15) is 6.42 Å². The van der Waals surface area contributed by atoms with Crippen LogP contribution in [0, 0.1) is 11.3 Å². The molecule has 6 heteroatoms.